The molecular formula is C23H23ClN2O5S. The van der Waals surface area contributed by atoms with Crippen molar-refractivity contribution in [1.82, 2.24) is 9.55 Å². The molecule has 9 heteroatoms. The fourth-order valence-electron chi connectivity index (χ4n) is 3.56. The molecule has 3 aromatic rings. The van der Waals surface area contributed by atoms with Crippen LogP contribution < -0.4 is 10.3 Å². The molecule has 0 unspecified atom stereocenters. The highest BCUT2D eigenvalue weighted by atomic mass is 35.5. The summed E-state index contributed by atoms with van der Waals surface area (Å²) in [6.45, 7) is 1.54. The lowest BCUT2D eigenvalue weighted by molar-refractivity contribution is 0.0601. The van der Waals surface area contributed by atoms with Gasteiger partial charge >= 0.3 is 5.97 Å². The van der Waals surface area contributed by atoms with Crippen molar-refractivity contribution in [2.45, 2.75) is 30.6 Å². The molecule has 0 N–H and O–H groups in total. The largest absolute Gasteiger partial charge is 0.491 e. The molecule has 1 aromatic heterocycles. The van der Waals surface area contributed by atoms with Crippen molar-refractivity contribution >= 4 is 40.2 Å². The van der Waals surface area contributed by atoms with E-state index in [1.807, 2.05) is 18.2 Å². The van der Waals surface area contributed by atoms with Crippen LogP contribution in [-0.4, -0.2) is 47.7 Å². The van der Waals surface area contributed by atoms with Gasteiger partial charge in [-0.25, -0.2) is 9.78 Å². The number of hydrogen-bond donors (Lipinski definition) is 0. The molecular weight excluding hydrogens is 452 g/mol. The Morgan fingerprint density at radius 3 is 2.91 bits per heavy atom. The van der Waals surface area contributed by atoms with Crippen molar-refractivity contribution in [3.8, 4) is 5.75 Å². The zero-order chi connectivity index (χ0) is 22.5. The smallest absolute Gasteiger partial charge is 0.337 e. The first-order valence-corrected chi connectivity index (χ1v) is 11.7. The first-order chi connectivity index (χ1) is 15.6. The predicted molar refractivity (Wildman–Crippen MR) is 124 cm³/mol. The summed E-state index contributed by atoms with van der Waals surface area (Å²) in [5.74, 6) is 0.700. The average molecular weight is 475 g/mol. The highest BCUT2D eigenvalue weighted by Gasteiger charge is 2.21. The van der Waals surface area contributed by atoms with Gasteiger partial charge in [-0.05, 0) is 43.2 Å². The maximum Gasteiger partial charge on any atom is 0.337 e. The Morgan fingerprint density at radius 1 is 1.31 bits per heavy atom. The number of aromatic nitrogens is 2. The molecule has 168 valence electrons. The second-order valence-electron chi connectivity index (χ2n) is 7.30. The van der Waals surface area contributed by atoms with Crippen LogP contribution in [0, 0.1) is 0 Å². The van der Waals surface area contributed by atoms with Crippen molar-refractivity contribution in [2.75, 3.05) is 26.1 Å². The maximum absolute atomic E-state index is 13.3. The summed E-state index contributed by atoms with van der Waals surface area (Å²) < 4.78 is 18.0. The van der Waals surface area contributed by atoms with Gasteiger partial charge in [0.15, 0.2) is 5.16 Å². The first kappa shape index (κ1) is 22.6. The van der Waals surface area contributed by atoms with Gasteiger partial charge in [-0.1, -0.05) is 35.5 Å². The number of nitrogens with zero attached hydrogens (tertiary/aromatic N) is 2. The molecule has 1 aliphatic rings. The summed E-state index contributed by atoms with van der Waals surface area (Å²) in [6, 6.07) is 12.1. The van der Waals surface area contributed by atoms with Gasteiger partial charge < -0.3 is 14.2 Å². The molecule has 0 radical (unpaired) electrons. The zero-order valence-corrected chi connectivity index (χ0v) is 19.2. The summed E-state index contributed by atoms with van der Waals surface area (Å²) in [4.78, 5) is 29.9. The number of ether oxygens (including phenoxy) is 3. The Bertz CT molecular complexity index is 1180. The Labute approximate surface area is 194 Å². The molecule has 0 spiro atoms. The van der Waals surface area contributed by atoms with E-state index in [4.69, 9.17) is 30.8 Å². The summed E-state index contributed by atoms with van der Waals surface area (Å²) >= 11 is 7.55. The third-order valence-corrected chi connectivity index (χ3v) is 6.41. The molecule has 32 heavy (non-hydrogen) atoms. The summed E-state index contributed by atoms with van der Waals surface area (Å²) in [6.07, 6.45) is 1.88. The van der Waals surface area contributed by atoms with E-state index >= 15 is 0 Å². The van der Waals surface area contributed by atoms with E-state index in [9.17, 15) is 9.59 Å². The molecule has 7 nitrogen and oxygen atoms in total. The minimum atomic E-state index is -0.473. The van der Waals surface area contributed by atoms with Crippen molar-refractivity contribution in [2.24, 2.45) is 0 Å². The lowest BCUT2D eigenvalue weighted by Gasteiger charge is -2.17. The highest BCUT2D eigenvalue weighted by molar-refractivity contribution is 7.99. The van der Waals surface area contributed by atoms with Gasteiger partial charge in [0.2, 0.25) is 0 Å². The molecule has 0 saturated carbocycles. The maximum atomic E-state index is 13.3. The second-order valence-corrected chi connectivity index (χ2v) is 8.77. The van der Waals surface area contributed by atoms with Crippen LogP contribution in [0.3, 0.4) is 0 Å². The quantitative estimate of drug-likeness (QED) is 0.209. The van der Waals surface area contributed by atoms with Gasteiger partial charge in [-0.3, -0.25) is 9.36 Å². The molecule has 2 aromatic carbocycles. The van der Waals surface area contributed by atoms with E-state index in [1.165, 1.54) is 18.9 Å². The van der Waals surface area contributed by atoms with E-state index in [-0.39, 0.29) is 11.7 Å². The van der Waals surface area contributed by atoms with Gasteiger partial charge in [0, 0.05) is 12.4 Å². The molecule has 0 amide bonds. The van der Waals surface area contributed by atoms with Gasteiger partial charge in [0.25, 0.3) is 5.56 Å². The lowest BCUT2D eigenvalue weighted by Crippen LogP contribution is -2.29. The van der Waals surface area contributed by atoms with E-state index in [1.54, 1.807) is 28.8 Å². The fraction of sp³-hybridized carbons (Fsp3) is 0.348. The minimum Gasteiger partial charge on any atom is -0.491 e. The molecule has 1 aliphatic heterocycles. The van der Waals surface area contributed by atoms with E-state index in [2.05, 4.69) is 0 Å². The Kier molecular flexibility index (Phi) is 7.34. The van der Waals surface area contributed by atoms with Crippen LogP contribution in [0.15, 0.2) is 52.4 Å². The Morgan fingerprint density at radius 2 is 2.16 bits per heavy atom. The molecule has 1 saturated heterocycles. The van der Waals surface area contributed by atoms with Crippen LogP contribution in [0.5, 0.6) is 5.75 Å². The molecule has 2 heterocycles. The third-order valence-electron chi connectivity index (χ3n) is 5.16. The lowest BCUT2D eigenvalue weighted by atomic mass is 10.1. The normalized spacial score (nSPS) is 15.8. The summed E-state index contributed by atoms with van der Waals surface area (Å²) in [5, 5.41) is 1.56. The number of rotatable bonds is 8. The van der Waals surface area contributed by atoms with Gasteiger partial charge in [-0.15, -0.1) is 0 Å². The third kappa shape index (κ3) is 5.09. The second kappa shape index (κ2) is 10.4. The zero-order valence-electron chi connectivity index (χ0n) is 17.6. The molecule has 0 aliphatic carbocycles. The number of thioether (sulfide) groups is 1. The number of hydrogen-bond acceptors (Lipinski definition) is 7. The molecule has 1 fully saturated rings. The number of para-hydroxylation sites is 1. The minimum absolute atomic E-state index is 0.0139. The average Bonchev–Trinajstić information content (AvgIpc) is 3.32. The number of methoxy groups -OCH3 is 1. The van der Waals surface area contributed by atoms with Crippen LogP contribution >= 0.6 is 23.4 Å². The van der Waals surface area contributed by atoms with Crippen LogP contribution in [0.4, 0.5) is 0 Å². The number of esters is 1. The topological polar surface area (TPSA) is 79.7 Å². The van der Waals surface area contributed by atoms with Crippen molar-refractivity contribution in [3.05, 3.63) is 63.4 Å². The summed E-state index contributed by atoms with van der Waals surface area (Å²) in [7, 11) is 1.32. The number of carbonyl (C=O) groups is 1. The van der Waals surface area contributed by atoms with Crippen molar-refractivity contribution in [1.29, 1.82) is 0 Å². The van der Waals surface area contributed by atoms with E-state index in [0.29, 0.717) is 57.9 Å². The van der Waals surface area contributed by atoms with Crippen LogP contribution in [0.1, 0.15) is 23.2 Å². The number of benzene rings is 2. The van der Waals surface area contributed by atoms with Crippen LogP contribution in [-0.2, 0) is 16.0 Å². The highest BCUT2D eigenvalue weighted by Crippen LogP contribution is 2.25. The van der Waals surface area contributed by atoms with Crippen molar-refractivity contribution in [3.63, 3.8) is 0 Å². The SMILES string of the molecule is COC(=O)c1ccc2c(=O)n(C[C@H]3CCCO3)c(SCCOc3ccccc3Cl)nc2c1. The standard InChI is InChI=1S/C23H23ClN2O5S/c1-29-22(28)15-8-9-17-19(13-15)25-23(26(21(17)27)14-16-5-4-10-30-16)32-12-11-31-20-7-3-2-6-18(20)24/h2-3,6-9,13,16H,4-5,10-12,14H2,1H3/t16-/m1/s1. The van der Waals surface area contributed by atoms with Crippen LogP contribution in [0.2, 0.25) is 5.02 Å². The fourth-order valence-corrected chi connectivity index (χ4v) is 4.57. The predicted octanol–water partition coefficient (Wildman–Crippen LogP) is 4.19. The van der Waals surface area contributed by atoms with E-state index < -0.39 is 5.97 Å². The number of fused-ring (bicyclic) bond motifs is 1. The Hall–Kier alpha value is -2.55. The Balaban J connectivity index is 1.60. The summed E-state index contributed by atoms with van der Waals surface area (Å²) in [5.41, 5.74) is 0.647. The first-order valence-electron chi connectivity index (χ1n) is 10.3. The van der Waals surface area contributed by atoms with Crippen LogP contribution in [0.25, 0.3) is 10.9 Å². The monoisotopic (exact) mass is 474 g/mol. The van der Waals surface area contributed by atoms with Gasteiger partial charge in [0.1, 0.15) is 5.75 Å². The van der Waals surface area contributed by atoms with E-state index in [0.717, 1.165) is 12.8 Å². The van der Waals surface area contributed by atoms with Gasteiger partial charge in [-0.2, -0.15) is 0 Å². The van der Waals surface area contributed by atoms with Crippen molar-refractivity contribution < 1.29 is 19.0 Å². The molecule has 1 atom stereocenters. The van der Waals surface area contributed by atoms with Gasteiger partial charge in [0.05, 0.1) is 47.9 Å². The number of halogens is 1. The number of carbonyl (C=O) groups excluding carboxylic acids is 1. The molecule has 4 rings (SSSR count). The molecule has 0 bridgehead atoms.